The van der Waals surface area contributed by atoms with Gasteiger partial charge in [0.25, 0.3) is 0 Å². The molecule has 4 N–H and O–H groups in total. The number of alkyl halides is 3. The van der Waals surface area contributed by atoms with Crippen molar-refractivity contribution in [3.63, 3.8) is 0 Å². The van der Waals surface area contributed by atoms with Crippen molar-refractivity contribution in [2.24, 2.45) is 16.8 Å². The van der Waals surface area contributed by atoms with Crippen LogP contribution in [0.5, 0.6) is 0 Å². The Labute approximate surface area is 115 Å². The van der Waals surface area contributed by atoms with Crippen molar-refractivity contribution < 1.29 is 23.2 Å². The molecule has 2 atom stereocenters. The summed E-state index contributed by atoms with van der Waals surface area (Å²) in [6.45, 7) is 5.36. The van der Waals surface area contributed by atoms with Crippen LogP contribution < -0.4 is 11.1 Å². The third-order valence-corrected chi connectivity index (χ3v) is 2.94. The minimum atomic E-state index is -4.65. The number of oxime groups is 1. The molecule has 118 valence electrons. The lowest BCUT2D eigenvalue weighted by molar-refractivity contribution is -0.156. The summed E-state index contributed by atoms with van der Waals surface area (Å²) in [5, 5.41) is 13.2. The van der Waals surface area contributed by atoms with Crippen LogP contribution in [0.2, 0.25) is 0 Å². The summed E-state index contributed by atoms with van der Waals surface area (Å²) in [4.78, 5) is 13.4. The van der Waals surface area contributed by atoms with Crippen LogP contribution >= 0.6 is 0 Å². The van der Waals surface area contributed by atoms with E-state index in [-0.39, 0.29) is 5.91 Å². The zero-order chi connectivity index (χ0) is 15.9. The summed E-state index contributed by atoms with van der Waals surface area (Å²) in [5.74, 6) is -3.37. The van der Waals surface area contributed by atoms with Gasteiger partial charge >= 0.3 is 6.18 Å². The van der Waals surface area contributed by atoms with Gasteiger partial charge in [-0.1, -0.05) is 5.16 Å². The Morgan fingerprint density at radius 2 is 1.90 bits per heavy atom. The molecule has 0 saturated carbocycles. The van der Waals surface area contributed by atoms with E-state index < -0.39 is 30.5 Å². The predicted octanol–water partition coefficient (Wildman–Crippen LogP) is 0.758. The van der Waals surface area contributed by atoms with E-state index >= 15 is 0 Å². The number of nitrogens with one attached hydrogen (secondary N) is 1. The first kappa shape index (κ1) is 18.5. The molecule has 20 heavy (non-hydrogen) atoms. The van der Waals surface area contributed by atoms with Gasteiger partial charge in [0.2, 0.25) is 5.91 Å². The second-order valence-corrected chi connectivity index (χ2v) is 4.26. The van der Waals surface area contributed by atoms with Gasteiger partial charge in [0, 0.05) is 19.6 Å². The van der Waals surface area contributed by atoms with Gasteiger partial charge in [-0.2, -0.15) is 13.2 Å². The molecular formula is C11H21F3N4O2. The maximum atomic E-state index is 12.7. The van der Waals surface area contributed by atoms with Crippen LogP contribution in [-0.4, -0.2) is 53.7 Å². The average Bonchev–Trinajstić information content (AvgIpc) is 2.37. The lowest BCUT2D eigenvalue weighted by Gasteiger charge is -2.25. The SMILES string of the molecule is CCN(CC)C(=O)C(C)NCC(C(N)=NO)C(F)(F)F. The standard InChI is InChI=1S/C11H21F3N4O2/c1-4-18(5-2)10(19)7(3)16-6-8(9(15)17-20)11(12,13)14/h7-8,16,20H,4-6H2,1-3H3,(H2,15,17). The Morgan fingerprint density at radius 1 is 1.40 bits per heavy atom. The summed E-state index contributed by atoms with van der Waals surface area (Å²) < 4.78 is 38.1. The van der Waals surface area contributed by atoms with Crippen molar-refractivity contribution in [3.8, 4) is 0 Å². The average molecular weight is 298 g/mol. The molecule has 0 fully saturated rings. The first-order chi connectivity index (χ1) is 9.18. The van der Waals surface area contributed by atoms with Gasteiger partial charge in [-0.3, -0.25) is 4.79 Å². The van der Waals surface area contributed by atoms with E-state index in [1.54, 1.807) is 13.8 Å². The van der Waals surface area contributed by atoms with E-state index in [1.165, 1.54) is 11.8 Å². The van der Waals surface area contributed by atoms with Gasteiger partial charge in [0.15, 0.2) is 5.84 Å². The number of hydrogen-bond donors (Lipinski definition) is 3. The van der Waals surface area contributed by atoms with E-state index in [9.17, 15) is 18.0 Å². The third kappa shape index (κ3) is 5.24. The molecule has 0 rings (SSSR count). The second-order valence-electron chi connectivity index (χ2n) is 4.26. The fourth-order valence-corrected chi connectivity index (χ4v) is 1.65. The van der Waals surface area contributed by atoms with Gasteiger partial charge in [-0.25, -0.2) is 0 Å². The summed E-state index contributed by atoms with van der Waals surface area (Å²) in [6, 6.07) is -0.786. The van der Waals surface area contributed by atoms with Crippen molar-refractivity contribution in [2.45, 2.75) is 33.0 Å². The summed E-state index contributed by atoms with van der Waals surface area (Å²) in [5.41, 5.74) is 5.02. The topological polar surface area (TPSA) is 91.0 Å². The normalized spacial score (nSPS) is 15.8. The van der Waals surface area contributed by atoms with E-state index in [0.717, 1.165) is 0 Å². The van der Waals surface area contributed by atoms with Crippen molar-refractivity contribution in [1.82, 2.24) is 10.2 Å². The van der Waals surface area contributed by atoms with Crippen LogP contribution in [0.25, 0.3) is 0 Å². The highest BCUT2D eigenvalue weighted by atomic mass is 19.4. The van der Waals surface area contributed by atoms with E-state index in [1.807, 2.05) is 0 Å². The number of halogens is 3. The molecule has 0 aliphatic heterocycles. The molecular weight excluding hydrogens is 277 g/mol. The third-order valence-electron chi connectivity index (χ3n) is 2.94. The van der Waals surface area contributed by atoms with Gasteiger partial charge in [0.05, 0.1) is 6.04 Å². The highest BCUT2D eigenvalue weighted by molar-refractivity contribution is 5.84. The molecule has 0 aliphatic rings. The number of likely N-dealkylation sites (N-methyl/N-ethyl adjacent to an activating group) is 1. The number of rotatable bonds is 7. The molecule has 9 heteroatoms. The Kier molecular flexibility index (Phi) is 7.33. The summed E-state index contributed by atoms with van der Waals surface area (Å²) in [6.07, 6.45) is -4.65. The van der Waals surface area contributed by atoms with Gasteiger partial charge < -0.3 is 21.2 Å². The predicted molar refractivity (Wildman–Crippen MR) is 68.3 cm³/mol. The Hall–Kier alpha value is -1.51. The van der Waals surface area contributed by atoms with Crippen molar-refractivity contribution >= 4 is 11.7 Å². The maximum Gasteiger partial charge on any atom is 0.400 e. The van der Waals surface area contributed by atoms with Crippen molar-refractivity contribution in [1.29, 1.82) is 0 Å². The number of amides is 1. The minimum absolute atomic E-state index is 0.296. The smallest absolute Gasteiger partial charge is 0.400 e. The molecule has 2 unspecified atom stereocenters. The quantitative estimate of drug-likeness (QED) is 0.280. The monoisotopic (exact) mass is 298 g/mol. The number of hydrogen-bond acceptors (Lipinski definition) is 4. The molecule has 0 radical (unpaired) electrons. The lowest BCUT2D eigenvalue weighted by atomic mass is 10.1. The minimum Gasteiger partial charge on any atom is -0.409 e. The molecule has 0 aromatic carbocycles. The molecule has 0 spiro atoms. The highest BCUT2D eigenvalue weighted by Crippen LogP contribution is 2.25. The van der Waals surface area contributed by atoms with Gasteiger partial charge in [-0.05, 0) is 20.8 Å². The molecule has 0 aromatic rings. The first-order valence-corrected chi connectivity index (χ1v) is 6.25. The van der Waals surface area contributed by atoms with Crippen LogP contribution in [0.1, 0.15) is 20.8 Å². The van der Waals surface area contributed by atoms with Crippen LogP contribution in [0.4, 0.5) is 13.2 Å². The van der Waals surface area contributed by atoms with Crippen LogP contribution in [0.3, 0.4) is 0 Å². The lowest BCUT2D eigenvalue weighted by Crippen LogP contribution is -2.50. The van der Waals surface area contributed by atoms with Crippen LogP contribution in [0, 0.1) is 5.92 Å². The number of carbonyl (C=O) groups is 1. The summed E-state index contributed by atoms with van der Waals surface area (Å²) >= 11 is 0. The highest BCUT2D eigenvalue weighted by Gasteiger charge is 2.43. The van der Waals surface area contributed by atoms with Gasteiger partial charge in [0.1, 0.15) is 5.92 Å². The van der Waals surface area contributed by atoms with Crippen LogP contribution in [-0.2, 0) is 4.79 Å². The maximum absolute atomic E-state index is 12.7. The summed E-state index contributed by atoms with van der Waals surface area (Å²) in [7, 11) is 0. The van der Waals surface area contributed by atoms with E-state index in [0.29, 0.717) is 13.1 Å². The molecule has 0 aromatic heterocycles. The molecule has 0 heterocycles. The van der Waals surface area contributed by atoms with Crippen molar-refractivity contribution in [2.75, 3.05) is 19.6 Å². The number of nitrogens with two attached hydrogens (primary N) is 1. The van der Waals surface area contributed by atoms with Gasteiger partial charge in [-0.15, -0.1) is 0 Å². The molecule has 0 bridgehead atoms. The molecule has 0 aliphatic carbocycles. The fourth-order valence-electron chi connectivity index (χ4n) is 1.65. The molecule has 1 amide bonds. The number of carbonyl (C=O) groups excluding carboxylic acids is 1. The fraction of sp³-hybridized carbons (Fsp3) is 0.818. The largest absolute Gasteiger partial charge is 0.409 e. The Bertz CT molecular complexity index is 343. The number of amidine groups is 1. The Balaban J connectivity index is 4.68. The molecule has 0 saturated heterocycles. The van der Waals surface area contributed by atoms with Crippen molar-refractivity contribution in [3.05, 3.63) is 0 Å². The molecule has 6 nitrogen and oxygen atoms in total. The Morgan fingerprint density at radius 3 is 2.25 bits per heavy atom. The second kappa shape index (κ2) is 7.93. The van der Waals surface area contributed by atoms with Crippen LogP contribution in [0.15, 0.2) is 5.16 Å². The first-order valence-electron chi connectivity index (χ1n) is 6.25. The number of nitrogens with zero attached hydrogens (tertiary/aromatic N) is 2. The van der Waals surface area contributed by atoms with E-state index in [4.69, 9.17) is 10.9 Å². The van der Waals surface area contributed by atoms with E-state index in [2.05, 4.69) is 10.5 Å². The zero-order valence-corrected chi connectivity index (χ0v) is 11.7. The zero-order valence-electron chi connectivity index (χ0n) is 11.7.